The zero-order valence-corrected chi connectivity index (χ0v) is 17.0. The summed E-state index contributed by atoms with van der Waals surface area (Å²) in [6.07, 6.45) is 3.44. The summed E-state index contributed by atoms with van der Waals surface area (Å²) in [5.74, 6) is 0.000502. The van der Waals surface area contributed by atoms with Crippen LogP contribution in [-0.4, -0.2) is 31.0 Å². The van der Waals surface area contributed by atoms with Crippen LogP contribution in [0.15, 0.2) is 30.3 Å². The molecule has 0 N–H and O–H groups in total. The second kappa shape index (κ2) is 11.6. The molecule has 0 aliphatic carbocycles. The van der Waals surface area contributed by atoms with Crippen LogP contribution >= 0.6 is 7.37 Å². The van der Waals surface area contributed by atoms with Gasteiger partial charge in [-0.15, -0.1) is 0 Å². The van der Waals surface area contributed by atoms with E-state index >= 15 is 0 Å². The molecule has 4 nitrogen and oxygen atoms in total. The molecule has 142 valence electrons. The lowest BCUT2D eigenvalue weighted by atomic mass is 10.1. The van der Waals surface area contributed by atoms with E-state index in [0.717, 1.165) is 25.7 Å². The van der Waals surface area contributed by atoms with Gasteiger partial charge in [0.1, 0.15) is 5.78 Å². The third kappa shape index (κ3) is 9.34. The van der Waals surface area contributed by atoms with Crippen molar-refractivity contribution in [2.45, 2.75) is 59.7 Å². The van der Waals surface area contributed by atoms with Crippen LogP contribution in [0.25, 0.3) is 0 Å². The van der Waals surface area contributed by atoms with Crippen LogP contribution < -0.4 is 0 Å². The van der Waals surface area contributed by atoms with Crippen LogP contribution in [0, 0.1) is 5.92 Å². The van der Waals surface area contributed by atoms with Gasteiger partial charge in [0.2, 0.25) is 7.37 Å². The number of aryl methyl sites for hydroxylation is 1. The SMILES string of the molecule is CCCOC(OP(=O)(CCCCc1ccccc1)CC(C)=O)C(C)C. The predicted molar refractivity (Wildman–Crippen MR) is 103 cm³/mol. The molecule has 0 heterocycles. The Morgan fingerprint density at radius 1 is 1.16 bits per heavy atom. The highest BCUT2D eigenvalue weighted by molar-refractivity contribution is 7.59. The molecule has 0 amide bonds. The highest BCUT2D eigenvalue weighted by atomic mass is 31.2. The first-order valence-electron chi connectivity index (χ1n) is 9.27. The molecule has 0 saturated heterocycles. The molecule has 5 heteroatoms. The van der Waals surface area contributed by atoms with Crippen molar-refractivity contribution in [3.8, 4) is 0 Å². The Hall–Kier alpha value is -0.960. The second-order valence-corrected chi connectivity index (χ2v) is 9.53. The smallest absolute Gasteiger partial charge is 0.212 e. The lowest BCUT2D eigenvalue weighted by Crippen LogP contribution is -2.25. The maximum atomic E-state index is 13.2. The van der Waals surface area contributed by atoms with Crippen molar-refractivity contribution in [2.75, 3.05) is 18.9 Å². The van der Waals surface area contributed by atoms with E-state index in [9.17, 15) is 9.36 Å². The van der Waals surface area contributed by atoms with Gasteiger partial charge in [0.25, 0.3) is 0 Å². The maximum absolute atomic E-state index is 13.2. The van der Waals surface area contributed by atoms with Gasteiger partial charge in [-0.3, -0.25) is 13.9 Å². The molecule has 1 rings (SSSR count). The van der Waals surface area contributed by atoms with Crippen molar-refractivity contribution in [1.82, 2.24) is 0 Å². The first kappa shape index (κ1) is 22.1. The maximum Gasteiger partial charge on any atom is 0.212 e. The first-order chi connectivity index (χ1) is 11.9. The van der Waals surface area contributed by atoms with E-state index in [1.54, 1.807) is 0 Å². The summed E-state index contributed by atoms with van der Waals surface area (Å²) in [4.78, 5) is 11.6. The van der Waals surface area contributed by atoms with Gasteiger partial charge in [-0.2, -0.15) is 0 Å². The summed E-state index contributed by atoms with van der Waals surface area (Å²) in [6.45, 7) is 8.02. The van der Waals surface area contributed by atoms with Gasteiger partial charge in [0.05, 0.1) is 6.16 Å². The number of benzene rings is 1. The molecule has 0 radical (unpaired) electrons. The molecule has 0 saturated carbocycles. The number of unbranched alkanes of at least 4 members (excludes halogenated alkanes) is 1. The third-order valence-corrected chi connectivity index (χ3v) is 6.36. The van der Waals surface area contributed by atoms with Crippen molar-refractivity contribution in [2.24, 2.45) is 5.92 Å². The predicted octanol–water partition coefficient (Wildman–Crippen LogP) is 5.30. The molecular weight excluding hydrogens is 335 g/mol. The lowest BCUT2D eigenvalue weighted by molar-refractivity contribution is -0.116. The zero-order valence-electron chi connectivity index (χ0n) is 16.1. The van der Waals surface area contributed by atoms with E-state index in [1.807, 2.05) is 39.0 Å². The normalized spacial score (nSPS) is 15.1. The highest BCUT2D eigenvalue weighted by Gasteiger charge is 2.30. The summed E-state index contributed by atoms with van der Waals surface area (Å²) < 4.78 is 24.8. The molecular formula is C20H33O4P. The van der Waals surface area contributed by atoms with E-state index in [0.29, 0.717) is 12.8 Å². The Bertz CT molecular complexity index is 542. The molecule has 0 aromatic heterocycles. The zero-order chi connectivity index (χ0) is 18.7. The lowest BCUT2D eigenvalue weighted by Gasteiger charge is -2.27. The number of ketones is 1. The van der Waals surface area contributed by atoms with E-state index in [-0.39, 0.29) is 17.9 Å². The summed E-state index contributed by atoms with van der Waals surface area (Å²) in [5, 5.41) is 0. The van der Waals surface area contributed by atoms with Crippen LogP contribution in [0.5, 0.6) is 0 Å². The van der Waals surface area contributed by atoms with Crippen LogP contribution in [0.3, 0.4) is 0 Å². The Balaban J connectivity index is 2.60. The number of Topliss-reactive ketones (excluding diaryl/α,β-unsaturated/α-hetero) is 1. The molecule has 25 heavy (non-hydrogen) atoms. The first-order valence-corrected chi connectivity index (χ1v) is 11.3. The minimum absolute atomic E-state index is 0.00293. The van der Waals surface area contributed by atoms with Gasteiger partial charge in [0.15, 0.2) is 6.29 Å². The van der Waals surface area contributed by atoms with Gasteiger partial charge in [-0.05, 0) is 38.2 Å². The summed E-state index contributed by atoms with van der Waals surface area (Å²) in [5.41, 5.74) is 1.27. The Kier molecular flexibility index (Phi) is 10.3. The summed E-state index contributed by atoms with van der Waals surface area (Å²) in [6, 6.07) is 10.2. The molecule has 0 bridgehead atoms. The average molecular weight is 368 g/mol. The van der Waals surface area contributed by atoms with E-state index < -0.39 is 13.7 Å². The van der Waals surface area contributed by atoms with E-state index in [1.165, 1.54) is 12.5 Å². The number of hydrogen-bond acceptors (Lipinski definition) is 4. The number of hydrogen-bond donors (Lipinski definition) is 0. The van der Waals surface area contributed by atoms with Crippen LogP contribution in [0.1, 0.15) is 52.5 Å². The molecule has 0 aliphatic heterocycles. The fourth-order valence-electron chi connectivity index (χ4n) is 2.60. The van der Waals surface area contributed by atoms with Crippen molar-refractivity contribution in [3.05, 3.63) is 35.9 Å². The number of ether oxygens (including phenoxy) is 1. The molecule has 0 fully saturated rings. The van der Waals surface area contributed by atoms with Crippen LogP contribution in [0.2, 0.25) is 0 Å². The molecule has 0 aliphatic rings. The minimum atomic E-state index is -3.02. The fourth-order valence-corrected chi connectivity index (χ4v) is 5.01. The van der Waals surface area contributed by atoms with Gasteiger partial charge >= 0.3 is 0 Å². The van der Waals surface area contributed by atoms with Crippen molar-refractivity contribution in [1.29, 1.82) is 0 Å². The van der Waals surface area contributed by atoms with Gasteiger partial charge in [0, 0.05) is 18.7 Å². The molecule has 0 spiro atoms. The van der Waals surface area contributed by atoms with E-state index in [2.05, 4.69) is 12.1 Å². The Morgan fingerprint density at radius 2 is 1.84 bits per heavy atom. The van der Waals surface area contributed by atoms with Crippen LogP contribution in [-0.2, 0) is 25.0 Å². The summed E-state index contributed by atoms with van der Waals surface area (Å²) in [7, 11) is -3.02. The minimum Gasteiger partial charge on any atom is -0.352 e. The molecule has 2 unspecified atom stereocenters. The second-order valence-electron chi connectivity index (χ2n) is 6.93. The van der Waals surface area contributed by atoms with Crippen molar-refractivity contribution in [3.63, 3.8) is 0 Å². The topological polar surface area (TPSA) is 52.6 Å². The monoisotopic (exact) mass is 368 g/mol. The fraction of sp³-hybridized carbons (Fsp3) is 0.650. The quantitative estimate of drug-likeness (QED) is 0.269. The summed E-state index contributed by atoms with van der Waals surface area (Å²) >= 11 is 0. The number of carbonyl (C=O) groups excluding carboxylic acids is 1. The Labute approximate surface area is 152 Å². The van der Waals surface area contributed by atoms with Crippen LogP contribution in [0.4, 0.5) is 0 Å². The van der Waals surface area contributed by atoms with Crippen molar-refractivity contribution >= 4 is 13.2 Å². The number of carbonyl (C=O) groups is 1. The van der Waals surface area contributed by atoms with Crippen molar-refractivity contribution < 1.29 is 18.6 Å². The van der Waals surface area contributed by atoms with E-state index in [4.69, 9.17) is 9.26 Å². The Morgan fingerprint density at radius 3 is 2.40 bits per heavy atom. The molecule has 1 aromatic carbocycles. The third-order valence-electron chi connectivity index (χ3n) is 3.85. The molecule has 1 aromatic rings. The van der Waals surface area contributed by atoms with Gasteiger partial charge in [-0.1, -0.05) is 51.1 Å². The standard InChI is InChI=1S/C20H33O4P/c1-5-14-23-20(17(2)3)24-25(22,16-18(4)21)15-10-9-13-19-11-7-6-8-12-19/h6-8,11-12,17,20H,5,9-10,13-16H2,1-4H3. The van der Waals surface area contributed by atoms with Gasteiger partial charge in [-0.25, -0.2) is 0 Å². The highest BCUT2D eigenvalue weighted by Crippen LogP contribution is 2.50. The average Bonchev–Trinajstić information content (AvgIpc) is 2.55. The van der Waals surface area contributed by atoms with Gasteiger partial charge < -0.3 is 4.74 Å². The number of rotatable bonds is 13. The molecule has 2 atom stereocenters. The largest absolute Gasteiger partial charge is 0.352 e.